The Labute approximate surface area is 146 Å². The molecule has 3 N–H and O–H groups in total. The molecule has 3 rings (SSSR count). The topological polar surface area (TPSA) is 110 Å². The molecule has 1 aromatic carbocycles. The van der Waals surface area contributed by atoms with E-state index in [-0.39, 0.29) is 23.4 Å². The van der Waals surface area contributed by atoms with Crippen LogP contribution in [0.1, 0.15) is 13.3 Å². The molecule has 1 fully saturated rings. The van der Waals surface area contributed by atoms with Gasteiger partial charge in [-0.2, -0.15) is 9.40 Å². The molecule has 1 aliphatic rings. The Morgan fingerprint density at radius 1 is 1.36 bits per heavy atom. The normalized spacial score (nSPS) is 21.4. The van der Waals surface area contributed by atoms with Crippen LogP contribution in [0.5, 0.6) is 0 Å². The molecule has 0 radical (unpaired) electrons. The molecule has 2 heterocycles. The highest BCUT2D eigenvalue weighted by Crippen LogP contribution is 2.26. The monoisotopic (exact) mass is 363 g/mol. The summed E-state index contributed by atoms with van der Waals surface area (Å²) in [7, 11) is -3.81. The molecule has 0 saturated carbocycles. The first-order chi connectivity index (χ1) is 11.9. The third kappa shape index (κ3) is 3.44. The molecular formula is C16H21N5O3S. The van der Waals surface area contributed by atoms with Gasteiger partial charge < -0.3 is 11.1 Å². The second-order valence-electron chi connectivity index (χ2n) is 5.93. The summed E-state index contributed by atoms with van der Waals surface area (Å²) < 4.78 is 28.8. The molecule has 0 unspecified atom stereocenters. The molecule has 1 saturated heterocycles. The summed E-state index contributed by atoms with van der Waals surface area (Å²) in [5.41, 5.74) is 6.67. The lowest BCUT2D eigenvalue weighted by molar-refractivity contribution is -0.124. The maximum absolute atomic E-state index is 13.0. The van der Waals surface area contributed by atoms with Gasteiger partial charge in [0.05, 0.1) is 10.6 Å². The van der Waals surface area contributed by atoms with Gasteiger partial charge in [0.2, 0.25) is 15.9 Å². The summed E-state index contributed by atoms with van der Waals surface area (Å²) in [4.78, 5) is 12.3. The average molecular weight is 363 g/mol. The van der Waals surface area contributed by atoms with E-state index in [9.17, 15) is 13.2 Å². The Morgan fingerprint density at radius 2 is 2.08 bits per heavy atom. The molecule has 8 nitrogen and oxygen atoms in total. The van der Waals surface area contributed by atoms with E-state index < -0.39 is 16.1 Å². The fourth-order valence-corrected chi connectivity index (χ4v) is 4.62. The van der Waals surface area contributed by atoms with Gasteiger partial charge in [0, 0.05) is 31.5 Å². The van der Waals surface area contributed by atoms with Crippen LogP contribution in [-0.4, -0.2) is 53.6 Å². The number of nitrogens with zero attached hydrogens (tertiary/aromatic N) is 3. The molecule has 25 heavy (non-hydrogen) atoms. The summed E-state index contributed by atoms with van der Waals surface area (Å²) >= 11 is 0. The van der Waals surface area contributed by atoms with Crippen molar-refractivity contribution in [2.45, 2.75) is 30.3 Å². The number of carbonyl (C=O) groups excluding carboxylic acids is 1. The number of rotatable bonds is 5. The number of carbonyl (C=O) groups is 1. The van der Waals surface area contributed by atoms with Crippen molar-refractivity contribution in [2.75, 3.05) is 13.1 Å². The van der Waals surface area contributed by atoms with Gasteiger partial charge in [-0.05, 0) is 43.7 Å². The molecule has 1 aromatic heterocycles. The van der Waals surface area contributed by atoms with E-state index in [1.807, 2.05) is 0 Å². The average Bonchev–Trinajstić information content (AvgIpc) is 3.25. The zero-order chi connectivity index (χ0) is 18.0. The lowest BCUT2D eigenvalue weighted by atomic mass is 10.2. The Hall–Kier alpha value is -2.23. The minimum atomic E-state index is -3.81. The number of sulfonamides is 1. The van der Waals surface area contributed by atoms with Gasteiger partial charge in [0.15, 0.2) is 0 Å². The van der Waals surface area contributed by atoms with E-state index in [0.717, 1.165) is 5.69 Å². The molecule has 0 bridgehead atoms. The smallest absolute Gasteiger partial charge is 0.243 e. The van der Waals surface area contributed by atoms with Gasteiger partial charge in [-0.25, -0.2) is 13.1 Å². The van der Waals surface area contributed by atoms with Gasteiger partial charge >= 0.3 is 0 Å². The SMILES string of the molecule is CCNC(=O)[C@@H]1C[C@H](N)CN1S(=O)(=O)c1ccc(-n2cccn2)cc1. The number of aromatic nitrogens is 2. The number of nitrogens with two attached hydrogens (primary N) is 1. The highest BCUT2D eigenvalue weighted by atomic mass is 32.2. The highest BCUT2D eigenvalue weighted by Gasteiger charge is 2.42. The van der Waals surface area contributed by atoms with Gasteiger partial charge in [-0.3, -0.25) is 4.79 Å². The van der Waals surface area contributed by atoms with Crippen LogP contribution in [0.4, 0.5) is 0 Å². The third-order valence-electron chi connectivity index (χ3n) is 4.15. The Balaban J connectivity index is 1.88. The number of amides is 1. The number of hydrogen-bond donors (Lipinski definition) is 2. The Bertz CT molecular complexity index is 833. The van der Waals surface area contributed by atoms with Crippen LogP contribution in [0.25, 0.3) is 5.69 Å². The fraction of sp³-hybridized carbons (Fsp3) is 0.375. The first kappa shape index (κ1) is 17.6. The summed E-state index contributed by atoms with van der Waals surface area (Å²) in [5, 5.41) is 6.79. The van der Waals surface area contributed by atoms with E-state index in [1.165, 1.54) is 16.4 Å². The standard InChI is InChI=1S/C16H21N5O3S/c1-2-18-16(22)15-10-12(17)11-21(15)25(23,24)14-6-4-13(5-7-14)20-9-3-8-19-20/h3-9,12,15H,2,10-11,17H2,1H3,(H,18,22)/t12-,15-/m0/s1. The molecule has 2 aromatic rings. The summed E-state index contributed by atoms with van der Waals surface area (Å²) in [5.74, 6) is -0.313. The largest absolute Gasteiger partial charge is 0.355 e. The van der Waals surface area contributed by atoms with Crippen molar-refractivity contribution >= 4 is 15.9 Å². The Kier molecular flexibility index (Phi) is 4.89. The maximum atomic E-state index is 13.0. The highest BCUT2D eigenvalue weighted by molar-refractivity contribution is 7.89. The second kappa shape index (κ2) is 6.95. The lowest BCUT2D eigenvalue weighted by Gasteiger charge is -2.23. The minimum Gasteiger partial charge on any atom is -0.355 e. The molecule has 1 aliphatic heterocycles. The van der Waals surface area contributed by atoms with E-state index in [2.05, 4.69) is 10.4 Å². The summed E-state index contributed by atoms with van der Waals surface area (Å²) in [6.07, 6.45) is 3.73. The summed E-state index contributed by atoms with van der Waals surface area (Å²) in [6.45, 7) is 2.36. The molecule has 2 atom stereocenters. The van der Waals surface area contributed by atoms with Gasteiger partial charge in [-0.1, -0.05) is 0 Å². The quantitative estimate of drug-likeness (QED) is 0.783. The van der Waals surface area contributed by atoms with Crippen molar-refractivity contribution in [1.82, 2.24) is 19.4 Å². The molecule has 134 valence electrons. The van der Waals surface area contributed by atoms with Gasteiger partial charge in [-0.15, -0.1) is 0 Å². The first-order valence-corrected chi connectivity index (χ1v) is 9.52. The van der Waals surface area contributed by atoms with E-state index in [0.29, 0.717) is 13.0 Å². The number of likely N-dealkylation sites (N-methyl/N-ethyl adjacent to an activating group) is 1. The van der Waals surface area contributed by atoms with E-state index in [1.54, 1.807) is 42.2 Å². The van der Waals surface area contributed by atoms with Crippen LogP contribution in [0.2, 0.25) is 0 Å². The number of nitrogens with one attached hydrogen (secondary N) is 1. The van der Waals surface area contributed by atoms with Gasteiger partial charge in [0.25, 0.3) is 0 Å². The zero-order valence-corrected chi connectivity index (χ0v) is 14.7. The predicted molar refractivity (Wildman–Crippen MR) is 92.5 cm³/mol. The third-order valence-corrected chi connectivity index (χ3v) is 6.04. The van der Waals surface area contributed by atoms with E-state index >= 15 is 0 Å². The molecule has 0 aliphatic carbocycles. The van der Waals surface area contributed by atoms with Crippen molar-refractivity contribution in [3.63, 3.8) is 0 Å². The Morgan fingerprint density at radius 3 is 2.68 bits per heavy atom. The first-order valence-electron chi connectivity index (χ1n) is 8.08. The van der Waals surface area contributed by atoms with Crippen molar-refractivity contribution < 1.29 is 13.2 Å². The number of benzene rings is 1. The summed E-state index contributed by atoms with van der Waals surface area (Å²) in [6, 6.07) is 7.05. The molecule has 1 amide bonds. The maximum Gasteiger partial charge on any atom is 0.243 e. The van der Waals surface area contributed by atoms with Gasteiger partial charge in [0.1, 0.15) is 6.04 Å². The van der Waals surface area contributed by atoms with Crippen molar-refractivity contribution in [2.24, 2.45) is 5.73 Å². The molecule has 9 heteroatoms. The van der Waals surface area contributed by atoms with Crippen LogP contribution < -0.4 is 11.1 Å². The van der Waals surface area contributed by atoms with Crippen LogP contribution in [0, 0.1) is 0 Å². The lowest BCUT2D eigenvalue weighted by Crippen LogP contribution is -2.45. The fourth-order valence-electron chi connectivity index (χ4n) is 2.96. The second-order valence-corrected chi connectivity index (χ2v) is 7.82. The van der Waals surface area contributed by atoms with Crippen molar-refractivity contribution in [3.8, 4) is 5.69 Å². The molecular weight excluding hydrogens is 342 g/mol. The molecule has 0 spiro atoms. The van der Waals surface area contributed by atoms with Crippen LogP contribution in [-0.2, 0) is 14.8 Å². The van der Waals surface area contributed by atoms with Crippen LogP contribution >= 0.6 is 0 Å². The van der Waals surface area contributed by atoms with E-state index in [4.69, 9.17) is 5.73 Å². The van der Waals surface area contributed by atoms with Crippen LogP contribution in [0.15, 0.2) is 47.6 Å². The van der Waals surface area contributed by atoms with Crippen LogP contribution in [0.3, 0.4) is 0 Å². The van der Waals surface area contributed by atoms with Crippen molar-refractivity contribution in [3.05, 3.63) is 42.7 Å². The number of hydrogen-bond acceptors (Lipinski definition) is 5. The minimum absolute atomic E-state index is 0.130. The van der Waals surface area contributed by atoms with Crippen molar-refractivity contribution in [1.29, 1.82) is 0 Å². The predicted octanol–water partition coefficient (Wildman–Crippen LogP) is 0.0987. The zero-order valence-electron chi connectivity index (χ0n) is 13.9.